The molecule has 1 aromatic heterocycles. The van der Waals surface area contributed by atoms with Crippen LogP contribution in [0.5, 0.6) is 0 Å². The number of unbranched alkanes of at least 4 members (excludes halogenated alkanes) is 1. The summed E-state index contributed by atoms with van der Waals surface area (Å²) in [4.78, 5) is 11.6. The highest BCUT2D eigenvalue weighted by Crippen LogP contribution is 2.13. The van der Waals surface area contributed by atoms with Gasteiger partial charge in [0.15, 0.2) is 0 Å². The molecule has 0 aliphatic rings. The maximum atomic E-state index is 11.6. The number of hydrogen-bond acceptors (Lipinski definition) is 1. The number of amides is 1. The standard InChI is InChI=1S/C10H15BrN2O/c1-3-4-5-12-10(14)9-6-8(11)7-13(9)2/h6-7H,3-5H2,1-2H3,(H,12,14). The molecule has 0 unspecified atom stereocenters. The number of carbonyl (C=O) groups excluding carboxylic acids is 1. The minimum absolute atomic E-state index is 0.00773. The summed E-state index contributed by atoms with van der Waals surface area (Å²) < 4.78 is 2.74. The van der Waals surface area contributed by atoms with E-state index in [4.69, 9.17) is 0 Å². The van der Waals surface area contributed by atoms with Gasteiger partial charge < -0.3 is 9.88 Å². The maximum Gasteiger partial charge on any atom is 0.267 e. The molecule has 0 aliphatic carbocycles. The molecule has 4 heteroatoms. The van der Waals surface area contributed by atoms with Gasteiger partial charge in [-0.2, -0.15) is 0 Å². The second-order valence-electron chi connectivity index (χ2n) is 3.26. The first-order chi connectivity index (χ1) is 6.65. The quantitative estimate of drug-likeness (QED) is 0.827. The van der Waals surface area contributed by atoms with E-state index in [1.165, 1.54) is 0 Å². The number of hydrogen-bond donors (Lipinski definition) is 1. The van der Waals surface area contributed by atoms with E-state index in [1.54, 1.807) is 0 Å². The summed E-state index contributed by atoms with van der Waals surface area (Å²) in [6, 6.07) is 1.82. The van der Waals surface area contributed by atoms with Gasteiger partial charge in [-0.15, -0.1) is 0 Å². The van der Waals surface area contributed by atoms with Gasteiger partial charge in [-0.1, -0.05) is 13.3 Å². The lowest BCUT2D eigenvalue weighted by Gasteiger charge is -2.04. The van der Waals surface area contributed by atoms with Crippen molar-refractivity contribution >= 4 is 21.8 Å². The van der Waals surface area contributed by atoms with Crippen LogP contribution < -0.4 is 5.32 Å². The fourth-order valence-corrected chi connectivity index (χ4v) is 1.74. The molecular weight excluding hydrogens is 244 g/mol. The van der Waals surface area contributed by atoms with Gasteiger partial charge in [-0.3, -0.25) is 4.79 Å². The summed E-state index contributed by atoms with van der Waals surface area (Å²) in [5, 5.41) is 2.87. The SMILES string of the molecule is CCCCNC(=O)c1cc(Br)cn1C. The summed E-state index contributed by atoms with van der Waals surface area (Å²) in [6.45, 7) is 2.85. The van der Waals surface area contributed by atoms with Crippen molar-refractivity contribution in [2.75, 3.05) is 6.54 Å². The molecule has 0 spiro atoms. The van der Waals surface area contributed by atoms with Crippen molar-refractivity contribution in [3.8, 4) is 0 Å². The van der Waals surface area contributed by atoms with Crippen molar-refractivity contribution < 1.29 is 4.79 Å². The van der Waals surface area contributed by atoms with Crippen molar-refractivity contribution in [2.45, 2.75) is 19.8 Å². The van der Waals surface area contributed by atoms with E-state index in [0.29, 0.717) is 5.69 Å². The Kier molecular flexibility index (Phi) is 4.20. The Morgan fingerprint density at radius 2 is 2.36 bits per heavy atom. The number of aromatic nitrogens is 1. The van der Waals surface area contributed by atoms with Crippen LogP contribution in [0.4, 0.5) is 0 Å². The molecular formula is C10H15BrN2O. The Morgan fingerprint density at radius 1 is 1.64 bits per heavy atom. The first-order valence-electron chi connectivity index (χ1n) is 4.75. The maximum absolute atomic E-state index is 11.6. The predicted molar refractivity (Wildman–Crippen MR) is 60.4 cm³/mol. The first-order valence-corrected chi connectivity index (χ1v) is 5.54. The van der Waals surface area contributed by atoms with Crippen LogP contribution in [0, 0.1) is 0 Å². The number of rotatable bonds is 4. The van der Waals surface area contributed by atoms with Gasteiger partial charge in [0.05, 0.1) is 0 Å². The van der Waals surface area contributed by atoms with Crippen LogP contribution in [0.1, 0.15) is 30.3 Å². The predicted octanol–water partition coefficient (Wildman–Crippen LogP) is 2.32. The van der Waals surface area contributed by atoms with Gasteiger partial charge >= 0.3 is 0 Å². The van der Waals surface area contributed by atoms with Gasteiger partial charge in [0, 0.05) is 24.3 Å². The molecule has 0 radical (unpaired) electrons. The molecule has 1 aromatic rings. The molecule has 0 saturated heterocycles. The highest BCUT2D eigenvalue weighted by Gasteiger charge is 2.09. The Morgan fingerprint density at radius 3 is 2.86 bits per heavy atom. The summed E-state index contributed by atoms with van der Waals surface area (Å²) in [7, 11) is 1.86. The highest BCUT2D eigenvalue weighted by atomic mass is 79.9. The van der Waals surface area contributed by atoms with E-state index in [9.17, 15) is 4.79 Å². The van der Waals surface area contributed by atoms with Crippen molar-refractivity contribution in [1.82, 2.24) is 9.88 Å². The van der Waals surface area contributed by atoms with Crippen LogP contribution in [-0.4, -0.2) is 17.0 Å². The molecule has 0 aromatic carbocycles. The number of halogens is 1. The van der Waals surface area contributed by atoms with Gasteiger partial charge in [-0.05, 0) is 28.4 Å². The normalized spacial score (nSPS) is 10.2. The van der Waals surface area contributed by atoms with Crippen LogP contribution in [-0.2, 0) is 7.05 Å². The van der Waals surface area contributed by atoms with Crippen LogP contribution in [0.15, 0.2) is 16.7 Å². The highest BCUT2D eigenvalue weighted by molar-refractivity contribution is 9.10. The van der Waals surface area contributed by atoms with E-state index in [1.807, 2.05) is 23.9 Å². The first kappa shape index (κ1) is 11.3. The van der Waals surface area contributed by atoms with Crippen LogP contribution >= 0.6 is 15.9 Å². The zero-order valence-corrected chi connectivity index (χ0v) is 10.1. The van der Waals surface area contributed by atoms with Crippen molar-refractivity contribution in [1.29, 1.82) is 0 Å². The second-order valence-corrected chi connectivity index (χ2v) is 4.18. The minimum atomic E-state index is -0.00773. The average Bonchev–Trinajstić information content (AvgIpc) is 2.45. The Hall–Kier alpha value is -0.770. The summed E-state index contributed by atoms with van der Waals surface area (Å²) in [5.74, 6) is -0.00773. The van der Waals surface area contributed by atoms with Crippen LogP contribution in [0.25, 0.3) is 0 Å². The summed E-state index contributed by atoms with van der Waals surface area (Å²) in [5.41, 5.74) is 0.688. The van der Waals surface area contributed by atoms with E-state index in [0.717, 1.165) is 23.9 Å². The molecule has 0 atom stereocenters. The Bertz CT molecular complexity index is 320. The molecule has 0 aliphatic heterocycles. The topological polar surface area (TPSA) is 34.0 Å². The molecule has 0 bridgehead atoms. The molecule has 1 N–H and O–H groups in total. The van der Waals surface area contributed by atoms with Gasteiger partial charge in [0.25, 0.3) is 5.91 Å². The fourth-order valence-electron chi connectivity index (χ4n) is 1.22. The van der Waals surface area contributed by atoms with Gasteiger partial charge in [0.2, 0.25) is 0 Å². The molecule has 1 heterocycles. The van der Waals surface area contributed by atoms with E-state index in [2.05, 4.69) is 28.2 Å². The van der Waals surface area contributed by atoms with Crippen LogP contribution in [0.3, 0.4) is 0 Å². The average molecular weight is 259 g/mol. The lowest BCUT2D eigenvalue weighted by atomic mass is 10.3. The number of aryl methyl sites for hydroxylation is 1. The Labute approximate surface area is 92.6 Å². The number of nitrogens with zero attached hydrogens (tertiary/aromatic N) is 1. The minimum Gasteiger partial charge on any atom is -0.351 e. The van der Waals surface area contributed by atoms with E-state index < -0.39 is 0 Å². The molecule has 78 valence electrons. The summed E-state index contributed by atoms with van der Waals surface area (Å²) in [6.07, 6.45) is 3.99. The molecule has 1 amide bonds. The third-order valence-corrected chi connectivity index (χ3v) is 2.45. The monoisotopic (exact) mass is 258 g/mol. The second kappa shape index (κ2) is 5.20. The van der Waals surface area contributed by atoms with Crippen molar-refractivity contribution in [2.24, 2.45) is 7.05 Å². The van der Waals surface area contributed by atoms with Gasteiger partial charge in [0.1, 0.15) is 5.69 Å². The zero-order valence-electron chi connectivity index (χ0n) is 8.51. The fraction of sp³-hybridized carbons (Fsp3) is 0.500. The van der Waals surface area contributed by atoms with Gasteiger partial charge in [-0.25, -0.2) is 0 Å². The molecule has 14 heavy (non-hydrogen) atoms. The molecule has 0 saturated carbocycles. The molecule has 1 rings (SSSR count). The van der Waals surface area contributed by atoms with Crippen molar-refractivity contribution in [3.63, 3.8) is 0 Å². The lowest BCUT2D eigenvalue weighted by Crippen LogP contribution is -2.26. The van der Waals surface area contributed by atoms with E-state index in [-0.39, 0.29) is 5.91 Å². The summed E-state index contributed by atoms with van der Waals surface area (Å²) >= 11 is 3.33. The third-order valence-electron chi connectivity index (χ3n) is 2.02. The lowest BCUT2D eigenvalue weighted by molar-refractivity contribution is 0.0945. The van der Waals surface area contributed by atoms with Crippen molar-refractivity contribution in [3.05, 3.63) is 22.4 Å². The molecule has 3 nitrogen and oxygen atoms in total. The largest absolute Gasteiger partial charge is 0.351 e. The zero-order chi connectivity index (χ0) is 10.6. The smallest absolute Gasteiger partial charge is 0.267 e. The third kappa shape index (κ3) is 2.87. The number of carbonyl (C=O) groups is 1. The Balaban J connectivity index is 2.56. The van der Waals surface area contributed by atoms with E-state index >= 15 is 0 Å². The number of nitrogens with one attached hydrogen (secondary N) is 1. The van der Waals surface area contributed by atoms with Crippen LogP contribution in [0.2, 0.25) is 0 Å². The molecule has 0 fully saturated rings.